The lowest BCUT2D eigenvalue weighted by atomic mass is 9.98. The summed E-state index contributed by atoms with van der Waals surface area (Å²) in [4.78, 5) is 28.7. The first-order valence-corrected chi connectivity index (χ1v) is 10.2. The Morgan fingerprint density at radius 2 is 1.76 bits per heavy atom. The minimum Gasteiger partial charge on any atom is -0.445 e. The van der Waals surface area contributed by atoms with Gasteiger partial charge in [-0.2, -0.15) is 0 Å². The SMILES string of the molecule is O=C(NCC(=O)N1CCC(N2CCc3ccccc3C2)C1)OCc1ccccc1. The highest BCUT2D eigenvalue weighted by Gasteiger charge is 2.31. The Labute approximate surface area is 171 Å². The Kier molecular flexibility index (Phi) is 6.10. The maximum Gasteiger partial charge on any atom is 0.407 e. The van der Waals surface area contributed by atoms with Crippen LogP contribution in [-0.4, -0.2) is 54.0 Å². The Balaban J connectivity index is 1.20. The summed E-state index contributed by atoms with van der Waals surface area (Å²) < 4.78 is 5.16. The number of nitrogens with zero attached hydrogens (tertiary/aromatic N) is 2. The largest absolute Gasteiger partial charge is 0.445 e. The van der Waals surface area contributed by atoms with E-state index in [2.05, 4.69) is 34.5 Å². The Bertz CT molecular complexity index is 855. The normalized spacial score (nSPS) is 18.9. The van der Waals surface area contributed by atoms with E-state index in [1.54, 1.807) is 0 Å². The standard InChI is InChI=1S/C23H27N3O3/c27-22(14-24-23(28)29-17-18-6-2-1-3-7-18)26-13-11-21(16-26)25-12-10-19-8-4-5-9-20(19)15-25/h1-9,21H,10-17H2,(H,24,28). The summed E-state index contributed by atoms with van der Waals surface area (Å²) in [6, 6.07) is 18.5. The maximum absolute atomic E-state index is 12.5. The number of alkyl carbamates (subject to hydrolysis) is 1. The number of fused-ring (bicyclic) bond motifs is 1. The van der Waals surface area contributed by atoms with Gasteiger partial charge in [-0.05, 0) is 29.5 Å². The van der Waals surface area contributed by atoms with Crippen molar-refractivity contribution in [2.45, 2.75) is 32.0 Å². The van der Waals surface area contributed by atoms with E-state index in [4.69, 9.17) is 4.74 Å². The molecule has 2 heterocycles. The van der Waals surface area contributed by atoms with E-state index >= 15 is 0 Å². The third-order valence-electron chi connectivity index (χ3n) is 5.79. The summed E-state index contributed by atoms with van der Waals surface area (Å²) in [5.41, 5.74) is 3.75. The number of carbonyl (C=O) groups is 2. The first-order valence-electron chi connectivity index (χ1n) is 10.2. The van der Waals surface area contributed by atoms with E-state index in [1.807, 2.05) is 35.2 Å². The second-order valence-corrected chi connectivity index (χ2v) is 7.69. The van der Waals surface area contributed by atoms with E-state index in [0.717, 1.165) is 44.6 Å². The van der Waals surface area contributed by atoms with E-state index < -0.39 is 6.09 Å². The molecular formula is C23H27N3O3. The predicted molar refractivity (Wildman–Crippen MR) is 110 cm³/mol. The molecule has 6 heteroatoms. The molecule has 2 amide bonds. The molecule has 4 rings (SSSR count). The summed E-state index contributed by atoms with van der Waals surface area (Å²) in [5, 5.41) is 2.57. The number of rotatable bonds is 5. The van der Waals surface area contributed by atoms with Crippen LogP contribution < -0.4 is 5.32 Å². The number of likely N-dealkylation sites (tertiary alicyclic amines) is 1. The van der Waals surface area contributed by atoms with Crippen molar-refractivity contribution in [1.82, 2.24) is 15.1 Å². The molecular weight excluding hydrogens is 366 g/mol. The number of hydrogen-bond acceptors (Lipinski definition) is 4. The van der Waals surface area contributed by atoms with Crippen LogP contribution in [0.4, 0.5) is 4.79 Å². The van der Waals surface area contributed by atoms with Gasteiger partial charge >= 0.3 is 6.09 Å². The Morgan fingerprint density at radius 3 is 2.59 bits per heavy atom. The molecule has 2 aliphatic rings. The molecule has 0 bridgehead atoms. The zero-order valence-electron chi connectivity index (χ0n) is 16.5. The molecule has 0 aromatic heterocycles. The fourth-order valence-corrected chi connectivity index (χ4v) is 4.13. The van der Waals surface area contributed by atoms with Crippen LogP contribution in [-0.2, 0) is 29.1 Å². The van der Waals surface area contributed by atoms with Crippen LogP contribution in [0.25, 0.3) is 0 Å². The molecule has 2 aromatic rings. The van der Waals surface area contributed by atoms with Gasteiger partial charge < -0.3 is 15.0 Å². The lowest BCUT2D eigenvalue weighted by Crippen LogP contribution is -2.43. The van der Waals surface area contributed by atoms with Gasteiger partial charge in [-0.1, -0.05) is 54.6 Å². The molecule has 1 unspecified atom stereocenters. The van der Waals surface area contributed by atoms with Crippen LogP contribution in [0.1, 0.15) is 23.1 Å². The van der Waals surface area contributed by atoms with Crippen LogP contribution in [0.3, 0.4) is 0 Å². The quantitative estimate of drug-likeness (QED) is 0.848. The predicted octanol–water partition coefficient (Wildman–Crippen LogP) is 2.57. The second kappa shape index (κ2) is 9.09. The summed E-state index contributed by atoms with van der Waals surface area (Å²) in [6.07, 6.45) is 1.48. The molecule has 0 saturated carbocycles. The van der Waals surface area contributed by atoms with E-state index in [1.165, 1.54) is 11.1 Å². The minimum atomic E-state index is -0.564. The smallest absolute Gasteiger partial charge is 0.407 e. The van der Waals surface area contributed by atoms with Crippen LogP contribution in [0, 0.1) is 0 Å². The van der Waals surface area contributed by atoms with Gasteiger partial charge in [-0.25, -0.2) is 4.79 Å². The van der Waals surface area contributed by atoms with Gasteiger partial charge in [0.15, 0.2) is 0 Å². The number of amides is 2. The zero-order valence-corrected chi connectivity index (χ0v) is 16.5. The van der Waals surface area contributed by atoms with Gasteiger partial charge in [0.25, 0.3) is 0 Å². The molecule has 29 heavy (non-hydrogen) atoms. The van der Waals surface area contributed by atoms with Crippen molar-refractivity contribution in [1.29, 1.82) is 0 Å². The summed E-state index contributed by atoms with van der Waals surface area (Å²) >= 11 is 0. The van der Waals surface area contributed by atoms with Gasteiger partial charge in [-0.15, -0.1) is 0 Å². The van der Waals surface area contributed by atoms with Crippen molar-refractivity contribution >= 4 is 12.0 Å². The highest BCUT2D eigenvalue weighted by atomic mass is 16.5. The number of carbonyl (C=O) groups excluding carboxylic acids is 2. The highest BCUT2D eigenvalue weighted by Crippen LogP contribution is 2.24. The number of hydrogen-bond donors (Lipinski definition) is 1. The molecule has 1 N–H and O–H groups in total. The average Bonchev–Trinajstić information content (AvgIpc) is 3.27. The molecule has 1 fully saturated rings. The Hall–Kier alpha value is -2.86. The van der Waals surface area contributed by atoms with Crippen molar-refractivity contribution in [3.63, 3.8) is 0 Å². The summed E-state index contributed by atoms with van der Waals surface area (Å²) in [5.74, 6) is -0.0541. The number of nitrogens with one attached hydrogen (secondary N) is 1. The van der Waals surface area contributed by atoms with E-state index in [-0.39, 0.29) is 19.1 Å². The molecule has 0 aliphatic carbocycles. The molecule has 152 valence electrons. The summed E-state index contributed by atoms with van der Waals surface area (Å²) in [6.45, 7) is 3.62. The van der Waals surface area contributed by atoms with Crippen molar-refractivity contribution < 1.29 is 14.3 Å². The monoisotopic (exact) mass is 393 g/mol. The molecule has 1 saturated heterocycles. The average molecular weight is 393 g/mol. The highest BCUT2D eigenvalue weighted by molar-refractivity contribution is 5.82. The van der Waals surface area contributed by atoms with Crippen molar-refractivity contribution in [2.75, 3.05) is 26.2 Å². The van der Waals surface area contributed by atoms with Gasteiger partial charge in [0.05, 0.1) is 0 Å². The molecule has 1 atom stereocenters. The third kappa shape index (κ3) is 4.95. The summed E-state index contributed by atoms with van der Waals surface area (Å²) in [7, 11) is 0. The number of ether oxygens (including phenoxy) is 1. The molecule has 2 aromatic carbocycles. The third-order valence-corrected chi connectivity index (χ3v) is 5.79. The van der Waals surface area contributed by atoms with E-state index in [9.17, 15) is 9.59 Å². The van der Waals surface area contributed by atoms with Crippen LogP contribution in [0.2, 0.25) is 0 Å². The van der Waals surface area contributed by atoms with Crippen LogP contribution in [0.15, 0.2) is 54.6 Å². The topological polar surface area (TPSA) is 61.9 Å². The van der Waals surface area contributed by atoms with Crippen molar-refractivity contribution in [3.8, 4) is 0 Å². The van der Waals surface area contributed by atoms with Gasteiger partial charge in [0.2, 0.25) is 5.91 Å². The minimum absolute atomic E-state index is 0.0246. The van der Waals surface area contributed by atoms with Crippen LogP contribution in [0.5, 0.6) is 0 Å². The first kappa shape index (κ1) is 19.5. The van der Waals surface area contributed by atoms with Gasteiger partial charge in [-0.3, -0.25) is 9.69 Å². The number of benzene rings is 2. The zero-order chi connectivity index (χ0) is 20.1. The van der Waals surface area contributed by atoms with Gasteiger partial charge in [0, 0.05) is 32.2 Å². The fraction of sp³-hybridized carbons (Fsp3) is 0.391. The molecule has 6 nitrogen and oxygen atoms in total. The van der Waals surface area contributed by atoms with Crippen LogP contribution >= 0.6 is 0 Å². The second-order valence-electron chi connectivity index (χ2n) is 7.69. The lowest BCUT2D eigenvalue weighted by Gasteiger charge is -2.33. The molecule has 0 radical (unpaired) electrons. The van der Waals surface area contributed by atoms with E-state index in [0.29, 0.717) is 6.04 Å². The maximum atomic E-state index is 12.5. The van der Waals surface area contributed by atoms with Gasteiger partial charge in [0.1, 0.15) is 13.2 Å². The Morgan fingerprint density at radius 1 is 1.00 bits per heavy atom. The first-order chi connectivity index (χ1) is 14.2. The lowest BCUT2D eigenvalue weighted by molar-refractivity contribution is -0.129. The van der Waals surface area contributed by atoms with Crippen molar-refractivity contribution in [2.24, 2.45) is 0 Å². The molecule has 0 spiro atoms. The fourth-order valence-electron chi connectivity index (χ4n) is 4.13. The van der Waals surface area contributed by atoms with Crippen molar-refractivity contribution in [3.05, 3.63) is 71.3 Å². The molecule has 2 aliphatic heterocycles.